The first-order chi connectivity index (χ1) is 12.6. The predicted octanol–water partition coefficient (Wildman–Crippen LogP) is 4.01. The van der Waals surface area contributed by atoms with E-state index in [0.717, 1.165) is 34.8 Å². The summed E-state index contributed by atoms with van der Waals surface area (Å²) in [6.45, 7) is 4.86. The number of nitrogens with zero attached hydrogens (tertiary/aromatic N) is 4. The first-order valence-corrected chi connectivity index (χ1v) is 9.57. The number of hydrogen-bond acceptors (Lipinski definition) is 5. The van der Waals surface area contributed by atoms with Crippen molar-refractivity contribution >= 4 is 50.7 Å². The van der Waals surface area contributed by atoms with Crippen molar-refractivity contribution in [1.29, 1.82) is 0 Å². The van der Waals surface area contributed by atoms with Gasteiger partial charge in [0.1, 0.15) is 17.0 Å². The second-order valence-electron chi connectivity index (χ2n) is 6.18. The molecule has 8 heteroatoms. The maximum atomic E-state index is 12.5. The van der Waals surface area contributed by atoms with Crippen molar-refractivity contribution in [3.8, 4) is 0 Å². The molecule has 2 amide bonds. The summed E-state index contributed by atoms with van der Waals surface area (Å²) in [6, 6.07) is 9.16. The van der Waals surface area contributed by atoms with Crippen molar-refractivity contribution in [3.63, 3.8) is 0 Å². The summed E-state index contributed by atoms with van der Waals surface area (Å²) in [7, 11) is 0. The van der Waals surface area contributed by atoms with Gasteiger partial charge < -0.3 is 15.1 Å². The number of fused-ring (bicyclic) bond motifs is 1. The van der Waals surface area contributed by atoms with Crippen LogP contribution in [0.5, 0.6) is 0 Å². The zero-order valence-electron chi connectivity index (χ0n) is 14.3. The maximum Gasteiger partial charge on any atom is 0.321 e. The summed E-state index contributed by atoms with van der Waals surface area (Å²) < 4.78 is 0. The topological polar surface area (TPSA) is 61.4 Å². The van der Waals surface area contributed by atoms with Crippen molar-refractivity contribution in [2.24, 2.45) is 0 Å². The van der Waals surface area contributed by atoms with Crippen molar-refractivity contribution in [3.05, 3.63) is 46.6 Å². The van der Waals surface area contributed by atoms with E-state index in [2.05, 4.69) is 33.2 Å². The molecule has 1 fully saturated rings. The van der Waals surface area contributed by atoms with E-state index < -0.39 is 0 Å². The normalized spacial score (nSPS) is 14.7. The molecule has 1 saturated heterocycles. The third-order valence-corrected chi connectivity index (χ3v) is 5.60. The van der Waals surface area contributed by atoms with Crippen LogP contribution in [-0.4, -0.2) is 47.1 Å². The summed E-state index contributed by atoms with van der Waals surface area (Å²) in [5, 5.41) is 4.65. The number of benzene rings is 1. The van der Waals surface area contributed by atoms with E-state index in [1.807, 2.05) is 4.90 Å². The second kappa shape index (κ2) is 7.09. The molecule has 0 bridgehead atoms. The number of amides is 2. The van der Waals surface area contributed by atoms with Crippen LogP contribution in [0.25, 0.3) is 10.2 Å². The minimum absolute atomic E-state index is 0.0915. The molecule has 1 N–H and O–H groups in total. The molecule has 3 heterocycles. The number of nitrogens with one attached hydrogen (secondary N) is 1. The molecule has 0 unspecified atom stereocenters. The Balaban J connectivity index is 1.42. The third kappa shape index (κ3) is 3.45. The first-order valence-electron chi connectivity index (χ1n) is 8.38. The largest absolute Gasteiger partial charge is 0.352 e. The average Bonchev–Trinajstić information content (AvgIpc) is 3.04. The fourth-order valence-corrected chi connectivity index (χ4v) is 4.04. The molecule has 0 radical (unpaired) electrons. The summed E-state index contributed by atoms with van der Waals surface area (Å²) in [5.41, 5.74) is 0.744. The lowest BCUT2D eigenvalue weighted by atomic mass is 10.2. The number of carbonyl (C=O) groups excluding carboxylic acids is 1. The number of carbonyl (C=O) groups is 1. The van der Waals surface area contributed by atoms with Gasteiger partial charge >= 0.3 is 6.03 Å². The number of rotatable bonds is 2. The smallest absolute Gasteiger partial charge is 0.321 e. The first kappa shape index (κ1) is 17.1. The van der Waals surface area contributed by atoms with Gasteiger partial charge in [-0.2, -0.15) is 0 Å². The maximum absolute atomic E-state index is 12.5. The van der Waals surface area contributed by atoms with E-state index in [1.165, 1.54) is 4.88 Å². The van der Waals surface area contributed by atoms with Gasteiger partial charge in [-0.25, -0.2) is 14.8 Å². The van der Waals surface area contributed by atoms with Gasteiger partial charge in [0.2, 0.25) is 0 Å². The monoisotopic (exact) mass is 387 g/mol. The van der Waals surface area contributed by atoms with Crippen molar-refractivity contribution in [2.45, 2.75) is 6.92 Å². The molecule has 2 aromatic heterocycles. The van der Waals surface area contributed by atoms with Crippen LogP contribution >= 0.6 is 22.9 Å². The molecule has 0 saturated carbocycles. The van der Waals surface area contributed by atoms with Crippen molar-refractivity contribution in [1.82, 2.24) is 14.9 Å². The minimum Gasteiger partial charge on any atom is -0.352 e. The summed E-state index contributed by atoms with van der Waals surface area (Å²) in [6.07, 6.45) is 1.62. The molecular formula is C18H18ClN5OS. The molecule has 6 nitrogen and oxygen atoms in total. The van der Waals surface area contributed by atoms with Crippen LogP contribution < -0.4 is 10.2 Å². The number of thiophene rings is 1. The van der Waals surface area contributed by atoms with Crippen molar-refractivity contribution < 1.29 is 4.79 Å². The lowest BCUT2D eigenvalue weighted by Crippen LogP contribution is -2.50. The van der Waals surface area contributed by atoms with E-state index >= 15 is 0 Å². The summed E-state index contributed by atoms with van der Waals surface area (Å²) >= 11 is 7.55. The van der Waals surface area contributed by atoms with E-state index in [0.29, 0.717) is 18.1 Å². The van der Waals surface area contributed by atoms with E-state index in [4.69, 9.17) is 11.6 Å². The summed E-state index contributed by atoms with van der Waals surface area (Å²) in [5.74, 6) is 0.956. The number of hydrogen-bond donors (Lipinski definition) is 1. The Hall–Kier alpha value is -2.38. The van der Waals surface area contributed by atoms with Crippen LogP contribution in [0.1, 0.15) is 4.88 Å². The Bertz CT molecular complexity index is 934. The number of piperazine rings is 1. The summed E-state index contributed by atoms with van der Waals surface area (Å²) in [4.78, 5) is 27.6. The predicted molar refractivity (Wildman–Crippen MR) is 106 cm³/mol. The molecule has 0 aliphatic carbocycles. The fourth-order valence-electron chi connectivity index (χ4n) is 3.07. The zero-order valence-corrected chi connectivity index (χ0v) is 15.8. The average molecular weight is 388 g/mol. The molecule has 1 aliphatic rings. The van der Waals surface area contributed by atoms with Crippen LogP contribution in [0.2, 0.25) is 5.02 Å². The van der Waals surface area contributed by atoms with Gasteiger partial charge in [-0.15, -0.1) is 11.3 Å². The van der Waals surface area contributed by atoms with E-state index in [1.54, 1.807) is 41.9 Å². The van der Waals surface area contributed by atoms with Crippen LogP contribution in [-0.2, 0) is 0 Å². The van der Waals surface area contributed by atoms with Crippen LogP contribution in [0, 0.1) is 6.92 Å². The number of aromatic nitrogens is 2. The lowest BCUT2D eigenvalue weighted by molar-refractivity contribution is 0.208. The molecule has 4 rings (SSSR count). The van der Waals surface area contributed by atoms with Gasteiger partial charge in [-0.05, 0) is 37.3 Å². The Labute approximate surface area is 160 Å². The van der Waals surface area contributed by atoms with Crippen LogP contribution in [0.4, 0.5) is 16.3 Å². The highest BCUT2D eigenvalue weighted by atomic mass is 35.5. The Kier molecular flexibility index (Phi) is 4.65. The highest BCUT2D eigenvalue weighted by Gasteiger charge is 2.23. The van der Waals surface area contributed by atoms with Gasteiger partial charge in [0.05, 0.1) is 5.39 Å². The molecule has 0 spiro atoms. The molecule has 1 aromatic carbocycles. The molecule has 26 heavy (non-hydrogen) atoms. The Morgan fingerprint density at radius 3 is 2.62 bits per heavy atom. The standard InChI is InChI=1S/C18H18ClN5OS/c1-12-10-15-16(20-11-21-17(15)26-12)23-6-8-24(9-7-23)18(25)22-14-4-2-13(19)3-5-14/h2-5,10-11H,6-9H2,1H3,(H,22,25). The molecule has 1 aliphatic heterocycles. The third-order valence-electron chi connectivity index (χ3n) is 4.39. The highest BCUT2D eigenvalue weighted by Crippen LogP contribution is 2.30. The number of urea groups is 1. The molecule has 134 valence electrons. The van der Waals surface area contributed by atoms with E-state index in [9.17, 15) is 4.79 Å². The highest BCUT2D eigenvalue weighted by molar-refractivity contribution is 7.18. The zero-order chi connectivity index (χ0) is 18.1. The van der Waals surface area contributed by atoms with Crippen LogP contribution in [0.3, 0.4) is 0 Å². The van der Waals surface area contributed by atoms with Gasteiger partial charge in [0.25, 0.3) is 0 Å². The Morgan fingerprint density at radius 1 is 1.15 bits per heavy atom. The van der Waals surface area contributed by atoms with Gasteiger partial charge in [-0.3, -0.25) is 0 Å². The number of halogens is 1. The van der Waals surface area contributed by atoms with E-state index in [-0.39, 0.29) is 6.03 Å². The molecule has 0 atom stereocenters. The quantitative estimate of drug-likeness (QED) is 0.721. The lowest BCUT2D eigenvalue weighted by Gasteiger charge is -2.35. The second-order valence-corrected chi connectivity index (χ2v) is 7.86. The van der Waals surface area contributed by atoms with Gasteiger partial charge in [0.15, 0.2) is 0 Å². The molecular weight excluding hydrogens is 370 g/mol. The van der Waals surface area contributed by atoms with Gasteiger partial charge in [0, 0.05) is 41.8 Å². The number of aryl methyl sites for hydroxylation is 1. The number of anilines is 2. The van der Waals surface area contributed by atoms with Gasteiger partial charge in [-0.1, -0.05) is 11.6 Å². The molecule has 3 aromatic rings. The Morgan fingerprint density at radius 2 is 1.88 bits per heavy atom. The SMILES string of the molecule is Cc1cc2c(N3CCN(C(=O)Nc4ccc(Cl)cc4)CC3)ncnc2s1. The van der Waals surface area contributed by atoms with Crippen LogP contribution in [0.15, 0.2) is 36.7 Å². The van der Waals surface area contributed by atoms with Crippen molar-refractivity contribution in [2.75, 3.05) is 36.4 Å². The fraction of sp³-hybridized carbons (Fsp3) is 0.278. The minimum atomic E-state index is -0.0915.